The van der Waals surface area contributed by atoms with Gasteiger partial charge in [0.05, 0.1) is 12.7 Å². The average Bonchev–Trinajstić information content (AvgIpc) is 2.72. The van der Waals surface area contributed by atoms with Crippen LogP contribution in [0, 0.1) is 0 Å². The molecule has 1 aromatic heterocycles. The van der Waals surface area contributed by atoms with Gasteiger partial charge in [-0.15, -0.1) is 0 Å². The summed E-state index contributed by atoms with van der Waals surface area (Å²) < 4.78 is 36.4. The van der Waals surface area contributed by atoms with E-state index in [-0.39, 0.29) is 25.2 Å². The fourth-order valence-electron chi connectivity index (χ4n) is 1.89. The molecule has 0 saturated carbocycles. The maximum atomic E-state index is 12.1. The summed E-state index contributed by atoms with van der Waals surface area (Å²) in [4.78, 5) is 1.16. The second-order valence-electron chi connectivity index (χ2n) is 3.96. The summed E-state index contributed by atoms with van der Waals surface area (Å²) in [5.74, 6) is 0. The van der Waals surface area contributed by atoms with Crippen LogP contribution in [0.2, 0.25) is 0 Å². The second kappa shape index (κ2) is 3.70. The van der Waals surface area contributed by atoms with Gasteiger partial charge in [0, 0.05) is 13.1 Å². The molecule has 2 heterocycles. The number of likely N-dealkylation sites (tertiary alicyclic amines) is 1. The Balaban J connectivity index is 2.02. The third-order valence-corrected chi connectivity index (χ3v) is 2.62. The molecule has 0 bridgehead atoms. The molecule has 1 aromatic rings. The van der Waals surface area contributed by atoms with E-state index in [0.717, 1.165) is 4.90 Å². The summed E-state index contributed by atoms with van der Waals surface area (Å²) in [6.07, 6.45) is -2.68. The standard InChI is InChI=1S/C8H11F3N4O/c9-8(10,11)5-15-2-1-7(16,4-15)6-3-12-14-13-6/h3,16H,1-2,4-5H2,(H,12,13,14)/t7-/m1/s1. The van der Waals surface area contributed by atoms with Crippen molar-refractivity contribution in [3.63, 3.8) is 0 Å². The Morgan fingerprint density at radius 2 is 2.31 bits per heavy atom. The van der Waals surface area contributed by atoms with Gasteiger partial charge in [0.15, 0.2) is 0 Å². The number of aliphatic hydroxyl groups is 1. The maximum absolute atomic E-state index is 12.1. The molecular weight excluding hydrogens is 225 g/mol. The molecule has 1 atom stereocenters. The zero-order chi connectivity index (χ0) is 11.8. The first-order valence-corrected chi connectivity index (χ1v) is 4.77. The second-order valence-corrected chi connectivity index (χ2v) is 3.96. The van der Waals surface area contributed by atoms with Gasteiger partial charge in [-0.25, -0.2) is 0 Å². The van der Waals surface area contributed by atoms with Crippen LogP contribution >= 0.6 is 0 Å². The summed E-state index contributed by atoms with van der Waals surface area (Å²) in [6.45, 7) is -0.880. The Kier molecular flexibility index (Phi) is 2.62. The van der Waals surface area contributed by atoms with Crippen molar-refractivity contribution in [1.82, 2.24) is 20.3 Å². The summed E-state index contributed by atoms with van der Waals surface area (Å²) in [5, 5.41) is 19.7. The topological polar surface area (TPSA) is 65.0 Å². The molecule has 90 valence electrons. The number of hydrogen-bond donors (Lipinski definition) is 2. The van der Waals surface area contributed by atoms with Gasteiger partial charge in [0.1, 0.15) is 11.3 Å². The number of halogens is 3. The highest BCUT2D eigenvalue weighted by Gasteiger charge is 2.43. The van der Waals surface area contributed by atoms with Crippen molar-refractivity contribution < 1.29 is 18.3 Å². The van der Waals surface area contributed by atoms with E-state index in [1.807, 2.05) is 0 Å². The lowest BCUT2D eigenvalue weighted by Crippen LogP contribution is -2.36. The number of alkyl halides is 3. The molecule has 0 aliphatic carbocycles. The summed E-state index contributed by atoms with van der Waals surface area (Å²) in [5.41, 5.74) is -1.03. The van der Waals surface area contributed by atoms with E-state index in [4.69, 9.17) is 0 Å². The van der Waals surface area contributed by atoms with Crippen LogP contribution in [0.25, 0.3) is 0 Å². The van der Waals surface area contributed by atoms with E-state index >= 15 is 0 Å². The lowest BCUT2D eigenvalue weighted by molar-refractivity contribution is -0.145. The van der Waals surface area contributed by atoms with Crippen LogP contribution in [0.5, 0.6) is 0 Å². The number of β-amino-alcohol motifs (C(OH)–C–C–N with tert-alkyl or cyclic N) is 1. The molecule has 1 aliphatic rings. The van der Waals surface area contributed by atoms with Crippen LogP contribution in [0.15, 0.2) is 6.20 Å². The van der Waals surface area contributed by atoms with Crippen LogP contribution in [-0.4, -0.2) is 51.2 Å². The lowest BCUT2D eigenvalue weighted by Gasteiger charge is -2.21. The van der Waals surface area contributed by atoms with Crippen LogP contribution in [0.1, 0.15) is 12.1 Å². The van der Waals surface area contributed by atoms with E-state index in [1.54, 1.807) is 0 Å². The molecule has 5 nitrogen and oxygen atoms in total. The van der Waals surface area contributed by atoms with Gasteiger partial charge in [-0.05, 0) is 6.42 Å². The van der Waals surface area contributed by atoms with Crippen LogP contribution in [0.4, 0.5) is 13.2 Å². The molecule has 1 aliphatic heterocycles. The number of nitrogens with one attached hydrogen (secondary N) is 1. The van der Waals surface area contributed by atoms with Gasteiger partial charge in [0.2, 0.25) is 0 Å². The van der Waals surface area contributed by atoms with Gasteiger partial charge in [-0.1, -0.05) is 0 Å². The minimum absolute atomic E-state index is 0.0704. The van der Waals surface area contributed by atoms with E-state index in [0.29, 0.717) is 0 Å². The molecule has 0 aromatic carbocycles. The molecule has 8 heteroatoms. The van der Waals surface area contributed by atoms with Crippen molar-refractivity contribution >= 4 is 0 Å². The van der Waals surface area contributed by atoms with E-state index in [9.17, 15) is 18.3 Å². The van der Waals surface area contributed by atoms with Crippen molar-refractivity contribution in [3.05, 3.63) is 11.9 Å². The molecule has 0 spiro atoms. The number of hydrogen-bond acceptors (Lipinski definition) is 4. The molecule has 1 fully saturated rings. The van der Waals surface area contributed by atoms with Crippen molar-refractivity contribution in [2.24, 2.45) is 0 Å². The van der Waals surface area contributed by atoms with Crippen LogP contribution in [-0.2, 0) is 5.60 Å². The van der Waals surface area contributed by atoms with Gasteiger partial charge in [0.25, 0.3) is 0 Å². The molecular formula is C8H11F3N4O. The van der Waals surface area contributed by atoms with Crippen molar-refractivity contribution in [3.8, 4) is 0 Å². The minimum atomic E-state index is -4.24. The Labute approximate surface area is 89.3 Å². The Morgan fingerprint density at radius 3 is 2.88 bits per heavy atom. The minimum Gasteiger partial charge on any atom is -0.382 e. The Hall–Kier alpha value is -1.15. The van der Waals surface area contributed by atoms with E-state index in [2.05, 4.69) is 15.4 Å². The highest BCUT2D eigenvalue weighted by Crippen LogP contribution is 2.31. The van der Waals surface area contributed by atoms with Crippen LogP contribution in [0.3, 0.4) is 0 Å². The number of H-pyrrole nitrogens is 1. The zero-order valence-corrected chi connectivity index (χ0v) is 8.33. The number of aromatic nitrogens is 3. The van der Waals surface area contributed by atoms with Gasteiger partial charge < -0.3 is 5.11 Å². The number of aromatic amines is 1. The van der Waals surface area contributed by atoms with Crippen LogP contribution < -0.4 is 0 Å². The third-order valence-electron chi connectivity index (χ3n) is 2.62. The highest BCUT2D eigenvalue weighted by molar-refractivity contribution is 5.10. The van der Waals surface area contributed by atoms with Gasteiger partial charge in [-0.2, -0.15) is 28.6 Å². The average molecular weight is 236 g/mol. The molecule has 1 saturated heterocycles. The molecule has 0 radical (unpaired) electrons. The molecule has 16 heavy (non-hydrogen) atoms. The lowest BCUT2D eigenvalue weighted by atomic mass is 10.0. The summed E-state index contributed by atoms with van der Waals surface area (Å²) in [7, 11) is 0. The van der Waals surface area contributed by atoms with E-state index in [1.165, 1.54) is 6.20 Å². The molecule has 2 rings (SSSR count). The maximum Gasteiger partial charge on any atom is 0.401 e. The smallest absolute Gasteiger partial charge is 0.382 e. The highest BCUT2D eigenvalue weighted by atomic mass is 19.4. The van der Waals surface area contributed by atoms with Gasteiger partial charge in [-0.3, -0.25) is 4.90 Å². The van der Waals surface area contributed by atoms with Crippen molar-refractivity contribution in [2.75, 3.05) is 19.6 Å². The van der Waals surface area contributed by atoms with Crippen molar-refractivity contribution in [2.45, 2.75) is 18.2 Å². The Bertz CT molecular complexity index is 353. The first-order valence-electron chi connectivity index (χ1n) is 4.77. The number of rotatable bonds is 2. The Morgan fingerprint density at radius 1 is 1.56 bits per heavy atom. The predicted molar refractivity (Wildman–Crippen MR) is 47.4 cm³/mol. The largest absolute Gasteiger partial charge is 0.401 e. The summed E-state index contributed by atoms with van der Waals surface area (Å²) in [6, 6.07) is 0. The van der Waals surface area contributed by atoms with E-state index < -0.39 is 18.3 Å². The SMILES string of the molecule is O[C@]1(c2cn[nH]n2)CCN(CC(F)(F)F)C1. The zero-order valence-electron chi connectivity index (χ0n) is 8.33. The predicted octanol–water partition coefficient (Wildman–Crippen LogP) is 0.260. The monoisotopic (exact) mass is 236 g/mol. The molecule has 0 unspecified atom stereocenters. The summed E-state index contributed by atoms with van der Waals surface area (Å²) >= 11 is 0. The fourth-order valence-corrected chi connectivity index (χ4v) is 1.89. The van der Waals surface area contributed by atoms with Gasteiger partial charge >= 0.3 is 6.18 Å². The normalized spacial score (nSPS) is 27.5. The third kappa shape index (κ3) is 2.33. The first-order chi connectivity index (χ1) is 7.39. The molecule has 0 amide bonds. The quantitative estimate of drug-likeness (QED) is 0.773. The van der Waals surface area contributed by atoms with Crippen molar-refractivity contribution in [1.29, 1.82) is 0 Å². The molecule has 2 N–H and O–H groups in total. The first kappa shape index (κ1) is 11.3. The fraction of sp³-hybridized carbons (Fsp3) is 0.750. The number of nitrogens with zero attached hydrogens (tertiary/aromatic N) is 3.